The Labute approximate surface area is 122 Å². The number of hydrogen-bond acceptors (Lipinski definition) is 3. The highest BCUT2D eigenvalue weighted by Gasteiger charge is 2.18. The first kappa shape index (κ1) is 14.6. The van der Waals surface area contributed by atoms with Gasteiger partial charge in [-0.05, 0) is 20.8 Å². The first-order valence-corrected chi connectivity index (χ1v) is 6.74. The zero-order valence-corrected chi connectivity index (χ0v) is 12.8. The SMILES string of the molecule is Cc1nn(C)cc1CNC(=O)C(C)n1ncc(Cl)c1C. The molecule has 0 aliphatic rings. The third-order valence-corrected chi connectivity index (χ3v) is 3.67. The second-order valence-electron chi connectivity index (χ2n) is 4.83. The molecule has 2 rings (SSSR count). The average molecular weight is 296 g/mol. The predicted molar refractivity (Wildman–Crippen MR) is 76.5 cm³/mol. The minimum absolute atomic E-state index is 0.101. The van der Waals surface area contributed by atoms with E-state index in [1.807, 2.05) is 27.1 Å². The van der Waals surface area contributed by atoms with Crippen molar-refractivity contribution < 1.29 is 4.79 Å². The van der Waals surface area contributed by atoms with Gasteiger partial charge in [0.25, 0.3) is 0 Å². The Bertz CT molecular complexity index is 631. The average Bonchev–Trinajstić information content (AvgIpc) is 2.89. The third-order valence-electron chi connectivity index (χ3n) is 3.30. The van der Waals surface area contributed by atoms with Crippen molar-refractivity contribution in [1.82, 2.24) is 24.9 Å². The molecule has 7 heteroatoms. The van der Waals surface area contributed by atoms with Crippen LogP contribution in [-0.4, -0.2) is 25.5 Å². The molecule has 20 heavy (non-hydrogen) atoms. The number of carbonyl (C=O) groups is 1. The summed E-state index contributed by atoms with van der Waals surface area (Å²) in [6.07, 6.45) is 3.45. The van der Waals surface area contributed by atoms with Gasteiger partial charge >= 0.3 is 0 Å². The lowest BCUT2D eigenvalue weighted by atomic mass is 10.2. The standard InChI is InChI=1S/C13H18ClN5O/c1-8-11(7-18(4)17-8)5-15-13(20)10(3)19-9(2)12(14)6-16-19/h6-7,10H,5H2,1-4H3,(H,15,20). The summed E-state index contributed by atoms with van der Waals surface area (Å²) in [7, 11) is 1.86. The number of aryl methyl sites for hydroxylation is 2. The molecule has 0 fully saturated rings. The molecular formula is C13H18ClN5O. The Balaban J connectivity index is 2.01. The first-order valence-electron chi connectivity index (χ1n) is 6.36. The smallest absolute Gasteiger partial charge is 0.244 e. The summed E-state index contributed by atoms with van der Waals surface area (Å²) in [5.41, 5.74) is 2.70. The van der Waals surface area contributed by atoms with Crippen molar-refractivity contribution in [3.05, 3.63) is 34.4 Å². The molecule has 2 heterocycles. The maximum atomic E-state index is 12.2. The number of hydrogen-bond donors (Lipinski definition) is 1. The third kappa shape index (κ3) is 2.85. The van der Waals surface area contributed by atoms with E-state index in [0.29, 0.717) is 11.6 Å². The molecule has 1 N–H and O–H groups in total. The molecule has 0 radical (unpaired) electrons. The van der Waals surface area contributed by atoms with E-state index in [9.17, 15) is 4.79 Å². The molecule has 0 aromatic carbocycles. The van der Waals surface area contributed by atoms with Crippen LogP contribution >= 0.6 is 11.6 Å². The van der Waals surface area contributed by atoms with E-state index in [1.165, 1.54) is 0 Å². The molecule has 1 amide bonds. The van der Waals surface area contributed by atoms with E-state index in [2.05, 4.69) is 15.5 Å². The summed E-state index contributed by atoms with van der Waals surface area (Å²) in [6, 6.07) is -0.403. The molecule has 0 saturated heterocycles. The van der Waals surface area contributed by atoms with Gasteiger partial charge in [-0.25, -0.2) is 0 Å². The monoisotopic (exact) mass is 295 g/mol. The lowest BCUT2D eigenvalue weighted by Gasteiger charge is -2.14. The van der Waals surface area contributed by atoms with Gasteiger partial charge in [-0.2, -0.15) is 10.2 Å². The highest BCUT2D eigenvalue weighted by molar-refractivity contribution is 6.31. The van der Waals surface area contributed by atoms with Crippen molar-refractivity contribution in [2.24, 2.45) is 7.05 Å². The Morgan fingerprint density at radius 1 is 1.50 bits per heavy atom. The maximum Gasteiger partial charge on any atom is 0.244 e. The van der Waals surface area contributed by atoms with Crippen molar-refractivity contribution in [3.63, 3.8) is 0 Å². The number of carbonyl (C=O) groups excluding carboxylic acids is 1. The lowest BCUT2D eigenvalue weighted by Crippen LogP contribution is -2.31. The highest BCUT2D eigenvalue weighted by Crippen LogP contribution is 2.17. The number of aromatic nitrogens is 4. The van der Waals surface area contributed by atoms with Crippen LogP contribution in [0.4, 0.5) is 0 Å². The van der Waals surface area contributed by atoms with Crippen LogP contribution in [0.5, 0.6) is 0 Å². The first-order chi connectivity index (χ1) is 9.40. The zero-order valence-electron chi connectivity index (χ0n) is 12.0. The van der Waals surface area contributed by atoms with E-state index in [-0.39, 0.29) is 5.91 Å². The predicted octanol–water partition coefficient (Wildman–Crippen LogP) is 1.76. The van der Waals surface area contributed by atoms with E-state index in [4.69, 9.17) is 11.6 Å². The van der Waals surface area contributed by atoms with Crippen molar-refractivity contribution in [3.8, 4) is 0 Å². The maximum absolute atomic E-state index is 12.2. The summed E-state index contributed by atoms with van der Waals surface area (Å²) < 4.78 is 3.35. The van der Waals surface area contributed by atoms with Gasteiger partial charge in [0.2, 0.25) is 5.91 Å². The fourth-order valence-electron chi connectivity index (χ4n) is 2.06. The number of halogens is 1. The summed E-state index contributed by atoms with van der Waals surface area (Å²) >= 11 is 5.95. The highest BCUT2D eigenvalue weighted by atomic mass is 35.5. The van der Waals surface area contributed by atoms with Crippen LogP contribution in [-0.2, 0) is 18.4 Å². The van der Waals surface area contributed by atoms with Gasteiger partial charge in [-0.3, -0.25) is 14.2 Å². The summed E-state index contributed by atoms with van der Waals surface area (Å²) in [4.78, 5) is 12.2. The van der Waals surface area contributed by atoms with Crippen LogP contribution in [0.3, 0.4) is 0 Å². The van der Waals surface area contributed by atoms with Crippen LogP contribution in [0.1, 0.15) is 29.9 Å². The van der Waals surface area contributed by atoms with Crippen molar-refractivity contribution >= 4 is 17.5 Å². The van der Waals surface area contributed by atoms with Crippen LogP contribution in [0.15, 0.2) is 12.4 Å². The van der Waals surface area contributed by atoms with Crippen molar-refractivity contribution in [2.75, 3.05) is 0 Å². The number of rotatable bonds is 4. The molecule has 1 unspecified atom stereocenters. The fraction of sp³-hybridized carbons (Fsp3) is 0.462. The molecule has 108 valence electrons. The molecule has 0 saturated carbocycles. The molecule has 0 aliphatic heterocycles. The summed E-state index contributed by atoms with van der Waals surface area (Å²) in [5, 5.41) is 11.8. The Kier molecular flexibility index (Phi) is 4.13. The molecule has 2 aromatic heterocycles. The minimum atomic E-state index is -0.403. The Morgan fingerprint density at radius 2 is 2.20 bits per heavy atom. The van der Waals surface area contributed by atoms with Gasteiger partial charge in [0.15, 0.2) is 0 Å². The van der Waals surface area contributed by atoms with Gasteiger partial charge in [-0.15, -0.1) is 0 Å². The second kappa shape index (κ2) is 5.66. The van der Waals surface area contributed by atoms with E-state index >= 15 is 0 Å². The van der Waals surface area contributed by atoms with Gasteiger partial charge in [-0.1, -0.05) is 11.6 Å². The van der Waals surface area contributed by atoms with Crippen LogP contribution in [0.2, 0.25) is 5.02 Å². The molecular weight excluding hydrogens is 278 g/mol. The largest absolute Gasteiger partial charge is 0.350 e. The van der Waals surface area contributed by atoms with Gasteiger partial charge in [0.05, 0.1) is 22.6 Å². The number of amides is 1. The minimum Gasteiger partial charge on any atom is -0.350 e. The van der Waals surface area contributed by atoms with Gasteiger partial charge in [0.1, 0.15) is 6.04 Å². The van der Waals surface area contributed by atoms with E-state index in [0.717, 1.165) is 17.0 Å². The fourth-order valence-corrected chi connectivity index (χ4v) is 2.19. The zero-order chi connectivity index (χ0) is 14.9. The lowest BCUT2D eigenvalue weighted by molar-refractivity contribution is -0.124. The van der Waals surface area contributed by atoms with E-state index < -0.39 is 6.04 Å². The summed E-state index contributed by atoms with van der Waals surface area (Å²) in [6.45, 7) is 6.01. The van der Waals surface area contributed by atoms with Crippen LogP contribution in [0, 0.1) is 13.8 Å². The Hall–Kier alpha value is -1.82. The van der Waals surface area contributed by atoms with Gasteiger partial charge < -0.3 is 5.32 Å². The van der Waals surface area contributed by atoms with E-state index in [1.54, 1.807) is 22.5 Å². The molecule has 0 aliphatic carbocycles. The molecule has 0 spiro atoms. The van der Waals surface area contributed by atoms with Crippen LogP contribution in [0.25, 0.3) is 0 Å². The quantitative estimate of drug-likeness (QED) is 0.935. The Morgan fingerprint density at radius 3 is 2.70 bits per heavy atom. The van der Waals surface area contributed by atoms with Crippen molar-refractivity contribution in [2.45, 2.75) is 33.4 Å². The molecule has 1 atom stereocenters. The summed E-state index contributed by atoms with van der Waals surface area (Å²) in [5.74, 6) is -0.101. The second-order valence-corrected chi connectivity index (χ2v) is 5.24. The van der Waals surface area contributed by atoms with Gasteiger partial charge in [0, 0.05) is 25.4 Å². The van der Waals surface area contributed by atoms with Crippen LogP contribution < -0.4 is 5.32 Å². The molecule has 6 nitrogen and oxygen atoms in total. The number of nitrogens with one attached hydrogen (secondary N) is 1. The number of nitrogens with zero attached hydrogens (tertiary/aromatic N) is 4. The van der Waals surface area contributed by atoms with Crippen molar-refractivity contribution in [1.29, 1.82) is 0 Å². The normalized spacial score (nSPS) is 12.4. The molecule has 2 aromatic rings. The molecule has 0 bridgehead atoms. The topological polar surface area (TPSA) is 64.7 Å².